The molecule has 0 radical (unpaired) electrons. The van der Waals surface area contributed by atoms with Crippen molar-refractivity contribution in [2.75, 3.05) is 6.61 Å². The predicted molar refractivity (Wildman–Crippen MR) is 57.9 cm³/mol. The summed E-state index contributed by atoms with van der Waals surface area (Å²) in [5, 5.41) is 17.5. The van der Waals surface area contributed by atoms with Crippen molar-refractivity contribution in [2.24, 2.45) is 5.73 Å². The van der Waals surface area contributed by atoms with Crippen LogP contribution in [0, 0.1) is 0 Å². The van der Waals surface area contributed by atoms with Gasteiger partial charge >= 0.3 is 11.9 Å². The van der Waals surface area contributed by atoms with E-state index in [9.17, 15) is 9.59 Å². The molecule has 1 aromatic carbocycles. The summed E-state index contributed by atoms with van der Waals surface area (Å²) in [6, 6.07) is 8.73. The summed E-state index contributed by atoms with van der Waals surface area (Å²) in [5.74, 6) is -2.80. The lowest BCUT2D eigenvalue weighted by Gasteiger charge is -2.19. The van der Waals surface area contributed by atoms with Gasteiger partial charge in [0.1, 0.15) is 6.61 Å². The molecule has 1 aromatic rings. The van der Waals surface area contributed by atoms with Crippen molar-refractivity contribution >= 4 is 11.9 Å². The Hall–Kier alpha value is -1.92. The third-order valence-corrected chi connectivity index (χ3v) is 2.21. The van der Waals surface area contributed by atoms with Gasteiger partial charge in [-0.3, -0.25) is 0 Å². The first-order valence-corrected chi connectivity index (χ1v) is 4.85. The van der Waals surface area contributed by atoms with E-state index in [1.165, 1.54) is 0 Å². The summed E-state index contributed by atoms with van der Waals surface area (Å²) in [6.07, 6.45) is 0. The lowest BCUT2D eigenvalue weighted by atomic mass is 10.0. The highest BCUT2D eigenvalue weighted by atomic mass is 16.5. The van der Waals surface area contributed by atoms with Crippen LogP contribution in [0.2, 0.25) is 0 Å². The number of carboxylic acids is 1. The number of benzene rings is 1. The molecule has 17 heavy (non-hydrogen) atoms. The molecule has 0 spiro atoms. The topological polar surface area (TPSA) is 110 Å². The second-order valence-electron chi connectivity index (χ2n) is 3.50. The first kappa shape index (κ1) is 13.1. The van der Waals surface area contributed by atoms with E-state index in [-0.39, 0.29) is 6.61 Å². The van der Waals surface area contributed by atoms with Crippen molar-refractivity contribution in [3.05, 3.63) is 35.9 Å². The van der Waals surface area contributed by atoms with E-state index < -0.39 is 24.1 Å². The molecule has 0 aliphatic carbocycles. The molecule has 0 amide bonds. The molecule has 0 aliphatic rings. The number of rotatable bonds is 5. The molecule has 0 bridgehead atoms. The van der Waals surface area contributed by atoms with Gasteiger partial charge in [0, 0.05) is 0 Å². The average molecular weight is 239 g/mol. The van der Waals surface area contributed by atoms with Crippen LogP contribution in [0.25, 0.3) is 0 Å². The number of ether oxygens (including phenoxy) is 1. The largest absolute Gasteiger partial charge is 0.479 e. The van der Waals surface area contributed by atoms with E-state index in [0.717, 1.165) is 0 Å². The molecule has 0 unspecified atom stereocenters. The van der Waals surface area contributed by atoms with Crippen LogP contribution in [0.1, 0.15) is 5.56 Å². The summed E-state index contributed by atoms with van der Waals surface area (Å²) in [6.45, 7) is -1.11. The van der Waals surface area contributed by atoms with Gasteiger partial charge in [0.2, 0.25) is 5.54 Å². The third kappa shape index (κ3) is 3.02. The van der Waals surface area contributed by atoms with E-state index in [1.807, 2.05) is 0 Å². The summed E-state index contributed by atoms with van der Waals surface area (Å²) in [7, 11) is 0. The molecule has 4 N–H and O–H groups in total. The molecule has 0 aliphatic heterocycles. The molecule has 0 saturated heterocycles. The minimum Gasteiger partial charge on any atom is -0.479 e. The Labute approximate surface area is 97.6 Å². The molecular weight excluding hydrogens is 226 g/mol. The monoisotopic (exact) mass is 239 g/mol. The third-order valence-electron chi connectivity index (χ3n) is 2.21. The lowest BCUT2D eigenvalue weighted by molar-refractivity contribution is -0.164. The average Bonchev–Trinajstić information content (AvgIpc) is 2.35. The van der Waals surface area contributed by atoms with Crippen molar-refractivity contribution < 1.29 is 24.5 Å². The number of hydrogen-bond acceptors (Lipinski definition) is 5. The Balaban J connectivity index is 2.64. The van der Waals surface area contributed by atoms with Crippen LogP contribution in [0.15, 0.2) is 30.3 Å². The van der Waals surface area contributed by atoms with Gasteiger partial charge in [-0.15, -0.1) is 0 Å². The van der Waals surface area contributed by atoms with Crippen molar-refractivity contribution in [3.8, 4) is 0 Å². The van der Waals surface area contributed by atoms with Crippen LogP contribution in [-0.4, -0.2) is 34.3 Å². The first-order valence-electron chi connectivity index (χ1n) is 4.85. The smallest absolute Gasteiger partial charge is 0.340 e. The van der Waals surface area contributed by atoms with Gasteiger partial charge in [-0.05, 0) is 5.56 Å². The number of carbonyl (C=O) groups is 2. The molecule has 92 valence electrons. The Morgan fingerprint density at radius 2 is 1.88 bits per heavy atom. The Bertz CT molecular complexity index is 406. The number of nitrogens with two attached hydrogens (primary N) is 1. The summed E-state index contributed by atoms with van der Waals surface area (Å²) >= 11 is 0. The number of esters is 1. The highest BCUT2D eigenvalue weighted by Crippen LogP contribution is 2.07. The van der Waals surface area contributed by atoms with Crippen molar-refractivity contribution in [2.45, 2.75) is 12.1 Å². The molecule has 1 atom stereocenters. The van der Waals surface area contributed by atoms with E-state index in [1.54, 1.807) is 30.3 Å². The van der Waals surface area contributed by atoms with Crippen molar-refractivity contribution in [1.82, 2.24) is 0 Å². The number of carboxylic acid groups (broad SMARTS) is 1. The van der Waals surface area contributed by atoms with Crippen LogP contribution in [0.3, 0.4) is 0 Å². The maximum absolute atomic E-state index is 11.4. The fourth-order valence-corrected chi connectivity index (χ4v) is 1.07. The van der Waals surface area contributed by atoms with Crippen molar-refractivity contribution in [1.29, 1.82) is 0 Å². The second-order valence-corrected chi connectivity index (χ2v) is 3.50. The Morgan fingerprint density at radius 1 is 1.29 bits per heavy atom. The molecular formula is C11H13NO5. The van der Waals surface area contributed by atoms with Gasteiger partial charge in [0.25, 0.3) is 0 Å². The number of aliphatic carboxylic acids is 1. The molecule has 0 saturated carbocycles. The summed E-state index contributed by atoms with van der Waals surface area (Å²) in [4.78, 5) is 22.1. The van der Waals surface area contributed by atoms with Gasteiger partial charge in [-0.2, -0.15) is 0 Å². The molecule has 0 fully saturated rings. The van der Waals surface area contributed by atoms with Crippen LogP contribution in [0.5, 0.6) is 0 Å². The highest BCUT2D eigenvalue weighted by Gasteiger charge is 2.43. The normalized spacial score (nSPS) is 13.8. The quantitative estimate of drug-likeness (QED) is 0.472. The van der Waals surface area contributed by atoms with E-state index >= 15 is 0 Å². The van der Waals surface area contributed by atoms with Gasteiger partial charge in [-0.1, -0.05) is 30.3 Å². The van der Waals surface area contributed by atoms with Gasteiger partial charge in [0.15, 0.2) is 0 Å². The van der Waals surface area contributed by atoms with E-state index in [4.69, 9.17) is 20.7 Å². The summed E-state index contributed by atoms with van der Waals surface area (Å²) in [5.41, 5.74) is 3.52. The maximum Gasteiger partial charge on any atom is 0.340 e. The second kappa shape index (κ2) is 5.42. The highest BCUT2D eigenvalue weighted by molar-refractivity contribution is 6.04. The number of hydrogen-bond donors (Lipinski definition) is 3. The van der Waals surface area contributed by atoms with Crippen LogP contribution < -0.4 is 5.73 Å². The molecule has 0 heterocycles. The van der Waals surface area contributed by atoms with Crippen LogP contribution >= 0.6 is 0 Å². The molecule has 0 aromatic heterocycles. The van der Waals surface area contributed by atoms with Gasteiger partial charge in [-0.25, -0.2) is 9.59 Å². The maximum atomic E-state index is 11.4. The Kier molecular flexibility index (Phi) is 4.19. The van der Waals surface area contributed by atoms with Gasteiger partial charge < -0.3 is 20.7 Å². The van der Waals surface area contributed by atoms with E-state index in [2.05, 4.69) is 0 Å². The fraction of sp³-hybridized carbons (Fsp3) is 0.273. The molecule has 6 nitrogen and oxygen atoms in total. The summed E-state index contributed by atoms with van der Waals surface area (Å²) < 4.78 is 4.74. The minimum absolute atomic E-state index is 0.0914. The zero-order chi connectivity index (χ0) is 12.9. The number of aliphatic hydroxyl groups excluding tert-OH is 1. The molecule has 1 rings (SSSR count). The zero-order valence-electron chi connectivity index (χ0n) is 9.00. The SMILES string of the molecule is N[C@](CO)(C(=O)O)C(=O)OCc1ccccc1. The fourth-order valence-electron chi connectivity index (χ4n) is 1.07. The standard InChI is InChI=1S/C11H13NO5/c12-11(7-13,9(14)15)10(16)17-6-8-4-2-1-3-5-8/h1-5,13H,6-7,12H2,(H,14,15)/t11-/m1/s1. The Morgan fingerprint density at radius 3 is 2.35 bits per heavy atom. The van der Waals surface area contributed by atoms with Gasteiger partial charge in [0.05, 0.1) is 6.61 Å². The number of carbonyl (C=O) groups excluding carboxylic acids is 1. The predicted octanol–water partition coefficient (Wildman–Crippen LogP) is -0.496. The zero-order valence-corrected chi connectivity index (χ0v) is 9.00. The van der Waals surface area contributed by atoms with Crippen molar-refractivity contribution in [3.63, 3.8) is 0 Å². The van der Waals surface area contributed by atoms with Crippen LogP contribution in [-0.2, 0) is 20.9 Å². The lowest BCUT2D eigenvalue weighted by Crippen LogP contribution is -2.58. The number of aliphatic hydroxyl groups is 1. The molecule has 6 heteroatoms. The van der Waals surface area contributed by atoms with E-state index in [0.29, 0.717) is 5.56 Å². The van der Waals surface area contributed by atoms with Crippen LogP contribution in [0.4, 0.5) is 0 Å². The minimum atomic E-state index is -2.41. The first-order chi connectivity index (χ1) is 8.00.